The normalized spacial score (nSPS) is 11.3. The molecule has 0 aliphatic heterocycles. The number of aryl methyl sites for hydroxylation is 1. The highest BCUT2D eigenvalue weighted by molar-refractivity contribution is 7.89. The van der Waals surface area contributed by atoms with Gasteiger partial charge in [-0.2, -0.15) is 0 Å². The van der Waals surface area contributed by atoms with Crippen molar-refractivity contribution in [2.45, 2.75) is 25.3 Å². The molecule has 8 nitrogen and oxygen atoms in total. The summed E-state index contributed by atoms with van der Waals surface area (Å²) in [5.41, 5.74) is 3.19. The number of nitrogens with one attached hydrogen (secondary N) is 2. The van der Waals surface area contributed by atoms with E-state index in [9.17, 15) is 13.2 Å². The van der Waals surface area contributed by atoms with Crippen molar-refractivity contribution in [3.63, 3.8) is 0 Å². The van der Waals surface area contributed by atoms with Gasteiger partial charge in [-0.1, -0.05) is 6.07 Å². The van der Waals surface area contributed by atoms with Crippen LogP contribution in [0.1, 0.15) is 16.7 Å². The quantitative estimate of drug-likeness (QED) is 0.627. The lowest BCUT2D eigenvalue weighted by molar-refractivity contribution is -0.119. The predicted octanol–water partition coefficient (Wildman–Crippen LogP) is 2.30. The Balaban J connectivity index is 2.05. The lowest BCUT2D eigenvalue weighted by Crippen LogP contribution is -2.29. The minimum atomic E-state index is -3.57. The fourth-order valence-corrected chi connectivity index (χ4v) is 3.81. The monoisotopic (exact) mass is 435 g/mol. The molecule has 0 unspecified atom stereocenters. The van der Waals surface area contributed by atoms with Crippen molar-refractivity contribution in [3.05, 3.63) is 47.0 Å². The molecule has 0 aromatic heterocycles. The number of hydrogen-bond acceptors (Lipinski definition) is 6. The number of ether oxygens (including phenoxy) is 2. The molecule has 0 atom stereocenters. The van der Waals surface area contributed by atoms with Gasteiger partial charge in [0, 0.05) is 26.3 Å². The second-order valence-electron chi connectivity index (χ2n) is 7.02. The molecule has 0 bridgehead atoms. The molecule has 0 radical (unpaired) electrons. The first kappa shape index (κ1) is 23.5. The maximum absolute atomic E-state index is 12.4. The van der Waals surface area contributed by atoms with E-state index < -0.39 is 10.0 Å². The lowest BCUT2D eigenvalue weighted by atomic mass is 10.1. The van der Waals surface area contributed by atoms with Gasteiger partial charge in [0.15, 0.2) is 11.5 Å². The molecule has 0 aliphatic carbocycles. The number of methoxy groups -OCH3 is 2. The number of benzene rings is 2. The van der Waals surface area contributed by atoms with Gasteiger partial charge in [-0.3, -0.25) is 4.79 Å². The molecule has 9 heteroatoms. The van der Waals surface area contributed by atoms with Crippen LogP contribution in [-0.2, 0) is 21.4 Å². The second kappa shape index (κ2) is 9.82. The fraction of sp³-hybridized carbons (Fsp3) is 0.381. The highest BCUT2D eigenvalue weighted by atomic mass is 32.2. The third-order valence-corrected chi connectivity index (χ3v) is 6.59. The van der Waals surface area contributed by atoms with Crippen molar-refractivity contribution in [3.8, 4) is 11.5 Å². The number of carbonyl (C=O) groups is 1. The van der Waals surface area contributed by atoms with Gasteiger partial charge >= 0.3 is 0 Å². The first-order valence-electron chi connectivity index (χ1n) is 9.35. The van der Waals surface area contributed by atoms with Gasteiger partial charge in [0.2, 0.25) is 15.9 Å². The van der Waals surface area contributed by atoms with Crippen molar-refractivity contribution in [1.29, 1.82) is 0 Å². The van der Waals surface area contributed by atoms with E-state index >= 15 is 0 Å². The zero-order valence-electron chi connectivity index (χ0n) is 18.2. The van der Waals surface area contributed by atoms with E-state index in [0.717, 1.165) is 21.0 Å². The summed E-state index contributed by atoms with van der Waals surface area (Å²) in [6.07, 6.45) is 0. The van der Waals surface area contributed by atoms with Crippen LogP contribution in [-0.4, -0.2) is 53.5 Å². The van der Waals surface area contributed by atoms with E-state index in [1.165, 1.54) is 14.1 Å². The van der Waals surface area contributed by atoms with E-state index in [0.29, 0.717) is 23.7 Å². The average molecular weight is 436 g/mol. The standard InChI is InChI=1S/C21H29N3O5S/c1-14-9-17(30(26,27)24(3)4)11-18(15(14)2)22-13-21(25)23-12-16-7-8-19(28-5)20(10-16)29-6/h7-11,22H,12-13H2,1-6H3,(H,23,25). The molecule has 2 rings (SSSR count). The van der Waals surface area contributed by atoms with Gasteiger partial charge in [0.05, 0.1) is 25.7 Å². The minimum absolute atomic E-state index is 0.0129. The van der Waals surface area contributed by atoms with E-state index in [1.54, 1.807) is 38.5 Å². The van der Waals surface area contributed by atoms with E-state index in [4.69, 9.17) is 9.47 Å². The first-order chi connectivity index (χ1) is 14.1. The molecule has 0 fully saturated rings. The van der Waals surface area contributed by atoms with Gasteiger partial charge in [-0.05, 0) is 54.8 Å². The third-order valence-electron chi connectivity index (χ3n) is 4.80. The number of carbonyl (C=O) groups excluding carboxylic acids is 1. The summed E-state index contributed by atoms with van der Waals surface area (Å²) >= 11 is 0. The van der Waals surface area contributed by atoms with E-state index in [1.807, 2.05) is 19.9 Å². The second-order valence-corrected chi connectivity index (χ2v) is 9.17. The van der Waals surface area contributed by atoms with E-state index in [2.05, 4.69) is 10.6 Å². The Bertz CT molecular complexity index is 1020. The third kappa shape index (κ3) is 5.43. The van der Waals surface area contributed by atoms with Crippen LogP contribution in [0.15, 0.2) is 35.2 Å². The van der Waals surface area contributed by atoms with Gasteiger partial charge in [0.25, 0.3) is 0 Å². The maximum atomic E-state index is 12.4. The van der Waals surface area contributed by atoms with Crippen molar-refractivity contribution < 1.29 is 22.7 Å². The Morgan fingerprint density at radius 1 is 1.03 bits per heavy atom. The Labute approximate surface area is 178 Å². The largest absolute Gasteiger partial charge is 0.493 e. The van der Waals surface area contributed by atoms with Crippen molar-refractivity contribution >= 4 is 21.6 Å². The summed E-state index contributed by atoms with van der Waals surface area (Å²) in [5.74, 6) is 0.989. The molecule has 0 saturated heterocycles. The van der Waals surface area contributed by atoms with Gasteiger partial charge < -0.3 is 20.1 Å². The average Bonchev–Trinajstić information content (AvgIpc) is 2.72. The molecule has 0 heterocycles. The number of anilines is 1. The van der Waals surface area contributed by atoms with Crippen LogP contribution in [0.25, 0.3) is 0 Å². The molecule has 0 aliphatic rings. The molecule has 2 N–H and O–H groups in total. The number of hydrogen-bond donors (Lipinski definition) is 2. The number of rotatable bonds is 9. The SMILES string of the molecule is COc1ccc(CNC(=O)CNc2cc(S(=O)(=O)N(C)C)cc(C)c2C)cc1OC. The molecular formula is C21H29N3O5S. The summed E-state index contributed by atoms with van der Waals surface area (Å²) in [5, 5.41) is 5.87. The summed E-state index contributed by atoms with van der Waals surface area (Å²) in [6, 6.07) is 8.61. The maximum Gasteiger partial charge on any atom is 0.242 e. The van der Waals surface area contributed by atoms with Gasteiger partial charge in [0.1, 0.15) is 0 Å². The fourth-order valence-electron chi connectivity index (χ4n) is 2.80. The van der Waals surface area contributed by atoms with Crippen LogP contribution < -0.4 is 20.1 Å². The van der Waals surface area contributed by atoms with Crippen molar-refractivity contribution in [1.82, 2.24) is 9.62 Å². The van der Waals surface area contributed by atoms with Crippen LogP contribution >= 0.6 is 0 Å². The Hall–Kier alpha value is -2.78. The number of amides is 1. The van der Waals surface area contributed by atoms with Crippen LogP contribution in [0, 0.1) is 13.8 Å². The number of nitrogens with zero attached hydrogens (tertiary/aromatic N) is 1. The molecule has 164 valence electrons. The topological polar surface area (TPSA) is 97.0 Å². The van der Waals surface area contributed by atoms with E-state index in [-0.39, 0.29) is 17.3 Å². The Kier molecular flexibility index (Phi) is 7.69. The Morgan fingerprint density at radius 2 is 1.70 bits per heavy atom. The van der Waals surface area contributed by atoms with Crippen molar-refractivity contribution in [2.75, 3.05) is 40.2 Å². The van der Waals surface area contributed by atoms with Crippen LogP contribution in [0.3, 0.4) is 0 Å². The van der Waals surface area contributed by atoms with Crippen LogP contribution in [0.2, 0.25) is 0 Å². The summed E-state index contributed by atoms with van der Waals surface area (Å²) in [4.78, 5) is 12.5. The molecule has 0 spiro atoms. The Morgan fingerprint density at radius 3 is 2.30 bits per heavy atom. The van der Waals surface area contributed by atoms with Gasteiger partial charge in [-0.15, -0.1) is 0 Å². The number of sulfonamides is 1. The van der Waals surface area contributed by atoms with Crippen LogP contribution in [0.5, 0.6) is 11.5 Å². The highest BCUT2D eigenvalue weighted by Gasteiger charge is 2.19. The van der Waals surface area contributed by atoms with Crippen LogP contribution in [0.4, 0.5) is 5.69 Å². The molecule has 2 aromatic rings. The zero-order valence-corrected chi connectivity index (χ0v) is 19.0. The molecule has 0 saturated carbocycles. The molecule has 1 amide bonds. The summed E-state index contributed by atoms with van der Waals surface area (Å²) < 4.78 is 36.5. The summed E-state index contributed by atoms with van der Waals surface area (Å²) in [6.45, 7) is 4.06. The highest BCUT2D eigenvalue weighted by Crippen LogP contribution is 2.27. The summed E-state index contributed by atoms with van der Waals surface area (Å²) in [7, 11) is 2.52. The zero-order chi connectivity index (χ0) is 22.5. The lowest BCUT2D eigenvalue weighted by Gasteiger charge is -2.17. The smallest absolute Gasteiger partial charge is 0.242 e. The molecular weight excluding hydrogens is 406 g/mol. The van der Waals surface area contributed by atoms with Crippen molar-refractivity contribution in [2.24, 2.45) is 0 Å². The predicted molar refractivity (Wildman–Crippen MR) is 117 cm³/mol. The first-order valence-corrected chi connectivity index (χ1v) is 10.8. The van der Waals surface area contributed by atoms with Gasteiger partial charge in [-0.25, -0.2) is 12.7 Å². The minimum Gasteiger partial charge on any atom is -0.493 e. The molecule has 30 heavy (non-hydrogen) atoms. The molecule has 2 aromatic carbocycles.